The number of nitrogens with zero attached hydrogens (tertiary/aromatic N) is 3. The van der Waals surface area contributed by atoms with Gasteiger partial charge >= 0.3 is 0 Å². The monoisotopic (exact) mass is 375 g/mol. The van der Waals surface area contributed by atoms with Gasteiger partial charge in [0.2, 0.25) is 5.91 Å². The molecule has 0 aliphatic carbocycles. The van der Waals surface area contributed by atoms with Crippen LogP contribution in [0.1, 0.15) is 30.1 Å². The van der Waals surface area contributed by atoms with Crippen LogP contribution in [-0.4, -0.2) is 81.2 Å². The van der Waals surface area contributed by atoms with Crippen molar-refractivity contribution in [3.8, 4) is 5.75 Å². The van der Waals surface area contributed by atoms with Crippen LogP contribution < -0.4 is 9.64 Å². The SMILES string of the molecule is CCCN(C)C(=O)C[C@H]1COc2ccc(C(=O)N3CCOCC3)cc2N1C. The lowest BCUT2D eigenvalue weighted by atomic mass is 10.1. The van der Waals surface area contributed by atoms with Crippen molar-refractivity contribution in [2.75, 3.05) is 58.5 Å². The fourth-order valence-electron chi connectivity index (χ4n) is 3.50. The van der Waals surface area contributed by atoms with E-state index in [1.807, 2.05) is 37.2 Å². The second-order valence-corrected chi connectivity index (χ2v) is 7.18. The topological polar surface area (TPSA) is 62.3 Å². The normalized spacial score (nSPS) is 19.3. The van der Waals surface area contributed by atoms with Gasteiger partial charge in [-0.3, -0.25) is 9.59 Å². The van der Waals surface area contributed by atoms with Crippen molar-refractivity contribution in [3.05, 3.63) is 23.8 Å². The molecular weight excluding hydrogens is 346 g/mol. The van der Waals surface area contributed by atoms with Crippen molar-refractivity contribution in [2.45, 2.75) is 25.8 Å². The van der Waals surface area contributed by atoms with Crippen molar-refractivity contribution in [2.24, 2.45) is 0 Å². The predicted molar refractivity (Wildman–Crippen MR) is 103 cm³/mol. The number of hydrogen-bond donors (Lipinski definition) is 0. The number of carbonyl (C=O) groups is 2. The van der Waals surface area contributed by atoms with Gasteiger partial charge in [0.05, 0.1) is 31.4 Å². The van der Waals surface area contributed by atoms with Crippen molar-refractivity contribution in [1.82, 2.24) is 9.80 Å². The van der Waals surface area contributed by atoms with Crippen LogP contribution in [0.2, 0.25) is 0 Å². The average Bonchev–Trinajstić information content (AvgIpc) is 2.70. The van der Waals surface area contributed by atoms with Gasteiger partial charge in [-0.05, 0) is 24.6 Å². The molecule has 0 bridgehead atoms. The molecule has 0 spiro atoms. The lowest BCUT2D eigenvalue weighted by Gasteiger charge is -2.36. The van der Waals surface area contributed by atoms with Crippen molar-refractivity contribution in [1.29, 1.82) is 0 Å². The van der Waals surface area contributed by atoms with Gasteiger partial charge in [0, 0.05) is 39.3 Å². The Kier molecular flexibility index (Phi) is 6.21. The van der Waals surface area contributed by atoms with E-state index in [0.717, 1.165) is 24.4 Å². The van der Waals surface area contributed by atoms with Crippen LogP contribution in [0.5, 0.6) is 5.75 Å². The summed E-state index contributed by atoms with van der Waals surface area (Å²) >= 11 is 0. The van der Waals surface area contributed by atoms with E-state index in [1.165, 1.54) is 0 Å². The first-order chi connectivity index (χ1) is 13.0. The highest BCUT2D eigenvalue weighted by atomic mass is 16.5. The van der Waals surface area contributed by atoms with Crippen LogP contribution >= 0.6 is 0 Å². The molecule has 2 aliphatic rings. The molecule has 7 nitrogen and oxygen atoms in total. The lowest BCUT2D eigenvalue weighted by Crippen LogP contribution is -2.44. The molecule has 0 unspecified atom stereocenters. The number of anilines is 1. The van der Waals surface area contributed by atoms with Crippen LogP contribution in [-0.2, 0) is 9.53 Å². The number of carbonyl (C=O) groups excluding carboxylic acids is 2. The molecule has 0 radical (unpaired) electrons. The maximum atomic E-state index is 12.8. The first-order valence-corrected chi connectivity index (χ1v) is 9.62. The predicted octanol–water partition coefficient (Wildman–Crippen LogP) is 1.61. The highest BCUT2D eigenvalue weighted by molar-refractivity contribution is 5.96. The standard InChI is InChI=1S/C20H29N3O4/c1-4-7-21(2)19(24)13-16-14-27-18-6-5-15(12-17(18)22(16)3)20(25)23-8-10-26-11-9-23/h5-6,12,16H,4,7-11,13-14H2,1-3H3/t16-/m0/s1. The van der Waals surface area contributed by atoms with Crippen LogP contribution in [0.15, 0.2) is 18.2 Å². The van der Waals surface area contributed by atoms with E-state index in [1.54, 1.807) is 4.90 Å². The lowest BCUT2D eigenvalue weighted by molar-refractivity contribution is -0.130. The Hall–Kier alpha value is -2.28. The molecule has 1 atom stereocenters. The average molecular weight is 375 g/mol. The third-order valence-corrected chi connectivity index (χ3v) is 5.26. The Morgan fingerprint density at radius 1 is 1.26 bits per heavy atom. The molecule has 1 saturated heterocycles. The third-order valence-electron chi connectivity index (χ3n) is 5.26. The summed E-state index contributed by atoms with van der Waals surface area (Å²) in [5, 5.41) is 0. The first-order valence-electron chi connectivity index (χ1n) is 9.62. The molecule has 0 saturated carbocycles. The van der Waals surface area contributed by atoms with Gasteiger partial charge in [0.25, 0.3) is 5.91 Å². The number of rotatable bonds is 5. The number of morpholine rings is 1. The van der Waals surface area contributed by atoms with Gasteiger partial charge in [0.15, 0.2) is 0 Å². The number of hydrogen-bond acceptors (Lipinski definition) is 5. The van der Waals surface area contributed by atoms with E-state index in [0.29, 0.717) is 44.9 Å². The van der Waals surface area contributed by atoms with Crippen LogP contribution in [0, 0.1) is 0 Å². The molecule has 7 heteroatoms. The molecule has 1 fully saturated rings. The molecule has 2 amide bonds. The number of likely N-dealkylation sites (N-methyl/N-ethyl adjacent to an activating group) is 1. The molecule has 3 rings (SSSR count). The molecular formula is C20H29N3O4. The Balaban J connectivity index is 1.73. The van der Waals surface area contributed by atoms with Crippen molar-refractivity contribution in [3.63, 3.8) is 0 Å². The highest BCUT2D eigenvalue weighted by Crippen LogP contribution is 2.35. The van der Waals surface area contributed by atoms with E-state index in [9.17, 15) is 9.59 Å². The summed E-state index contributed by atoms with van der Waals surface area (Å²) in [6.07, 6.45) is 1.34. The molecule has 0 N–H and O–H groups in total. The summed E-state index contributed by atoms with van der Waals surface area (Å²) < 4.78 is 11.2. The van der Waals surface area contributed by atoms with Gasteiger partial charge in [0.1, 0.15) is 12.4 Å². The van der Waals surface area contributed by atoms with Crippen LogP contribution in [0.3, 0.4) is 0 Å². The van der Waals surface area contributed by atoms with E-state index >= 15 is 0 Å². The fourth-order valence-corrected chi connectivity index (χ4v) is 3.50. The zero-order valence-corrected chi connectivity index (χ0v) is 16.4. The van der Waals surface area contributed by atoms with Gasteiger partial charge in [-0.15, -0.1) is 0 Å². The van der Waals surface area contributed by atoms with Gasteiger partial charge in [-0.2, -0.15) is 0 Å². The second kappa shape index (κ2) is 8.61. The summed E-state index contributed by atoms with van der Waals surface area (Å²) in [6.45, 7) is 5.66. The molecule has 2 aliphatic heterocycles. The number of amides is 2. The van der Waals surface area contributed by atoms with Crippen LogP contribution in [0.25, 0.3) is 0 Å². The first kappa shape index (κ1) is 19.5. The van der Waals surface area contributed by atoms with Crippen molar-refractivity contribution >= 4 is 17.5 Å². The molecule has 2 heterocycles. The third kappa shape index (κ3) is 4.35. The number of benzene rings is 1. The largest absolute Gasteiger partial charge is 0.489 e. The Labute approximate surface area is 160 Å². The van der Waals surface area contributed by atoms with E-state index in [4.69, 9.17) is 9.47 Å². The second-order valence-electron chi connectivity index (χ2n) is 7.18. The smallest absolute Gasteiger partial charge is 0.254 e. The van der Waals surface area contributed by atoms with Crippen LogP contribution in [0.4, 0.5) is 5.69 Å². The van der Waals surface area contributed by atoms with Gasteiger partial charge in [-0.1, -0.05) is 6.92 Å². The maximum Gasteiger partial charge on any atom is 0.254 e. The summed E-state index contributed by atoms with van der Waals surface area (Å²) in [5.74, 6) is 0.873. The quantitative estimate of drug-likeness (QED) is 0.783. The maximum absolute atomic E-state index is 12.8. The molecule has 148 valence electrons. The summed E-state index contributed by atoms with van der Waals surface area (Å²) in [4.78, 5) is 30.8. The summed E-state index contributed by atoms with van der Waals surface area (Å²) in [7, 11) is 3.80. The van der Waals surface area contributed by atoms with Gasteiger partial charge in [-0.25, -0.2) is 0 Å². The fraction of sp³-hybridized carbons (Fsp3) is 0.600. The van der Waals surface area contributed by atoms with Crippen molar-refractivity contribution < 1.29 is 19.1 Å². The molecule has 1 aromatic carbocycles. The van der Waals surface area contributed by atoms with E-state index in [-0.39, 0.29) is 17.9 Å². The summed E-state index contributed by atoms with van der Waals surface area (Å²) in [5.41, 5.74) is 1.50. The minimum atomic E-state index is -0.0435. The number of fused-ring (bicyclic) bond motifs is 1. The zero-order chi connectivity index (χ0) is 19.4. The van der Waals surface area contributed by atoms with E-state index < -0.39 is 0 Å². The minimum absolute atomic E-state index is 0.00961. The number of ether oxygens (including phenoxy) is 2. The zero-order valence-electron chi connectivity index (χ0n) is 16.4. The molecule has 27 heavy (non-hydrogen) atoms. The minimum Gasteiger partial charge on any atom is -0.489 e. The Bertz CT molecular complexity index is 688. The summed E-state index contributed by atoms with van der Waals surface area (Å²) in [6, 6.07) is 5.49. The highest BCUT2D eigenvalue weighted by Gasteiger charge is 2.29. The Morgan fingerprint density at radius 2 is 2.00 bits per heavy atom. The Morgan fingerprint density at radius 3 is 2.70 bits per heavy atom. The molecule has 1 aromatic rings. The molecule has 0 aromatic heterocycles. The van der Waals surface area contributed by atoms with Gasteiger partial charge < -0.3 is 24.2 Å². The van der Waals surface area contributed by atoms with E-state index in [2.05, 4.69) is 11.8 Å².